The molecule has 0 saturated heterocycles. The van der Waals surface area contributed by atoms with E-state index in [1.54, 1.807) is 24.4 Å². The molecular weight excluding hydrogens is 432 g/mol. The van der Waals surface area contributed by atoms with Gasteiger partial charge in [0, 0.05) is 15.8 Å². The number of rotatable bonds is 4. The van der Waals surface area contributed by atoms with E-state index in [0.717, 1.165) is 29.3 Å². The van der Waals surface area contributed by atoms with E-state index in [-0.39, 0.29) is 17.8 Å². The fourth-order valence-electron chi connectivity index (χ4n) is 2.97. The van der Waals surface area contributed by atoms with Crippen molar-refractivity contribution in [2.75, 3.05) is 5.32 Å². The monoisotopic (exact) mass is 451 g/mol. The van der Waals surface area contributed by atoms with Crippen molar-refractivity contribution in [1.82, 2.24) is 10.3 Å². The predicted molar refractivity (Wildman–Crippen MR) is 105 cm³/mol. The van der Waals surface area contributed by atoms with Crippen LogP contribution in [-0.4, -0.2) is 16.9 Å². The number of amides is 1. The second kappa shape index (κ2) is 7.95. The highest BCUT2D eigenvalue weighted by Crippen LogP contribution is 2.25. The van der Waals surface area contributed by atoms with Crippen LogP contribution in [-0.2, 0) is 0 Å². The van der Waals surface area contributed by atoms with Gasteiger partial charge in [-0.25, -0.2) is 4.39 Å². The van der Waals surface area contributed by atoms with Gasteiger partial charge in [-0.3, -0.25) is 9.78 Å². The highest BCUT2D eigenvalue weighted by atomic mass is 127. The van der Waals surface area contributed by atoms with Crippen LogP contribution in [0.1, 0.15) is 36.0 Å². The maximum atomic E-state index is 14.1. The van der Waals surface area contributed by atoms with Gasteiger partial charge in [0.2, 0.25) is 0 Å². The molecule has 1 amide bonds. The van der Waals surface area contributed by atoms with E-state index in [0.29, 0.717) is 16.9 Å². The van der Waals surface area contributed by atoms with Crippen molar-refractivity contribution in [3.05, 3.63) is 63.8 Å². The Kier molecular flexibility index (Phi) is 5.67. The minimum absolute atomic E-state index is 0.102. The van der Waals surface area contributed by atoms with E-state index in [4.69, 9.17) is 0 Å². The van der Waals surface area contributed by atoms with E-state index in [1.807, 2.05) is 0 Å². The molecule has 4 nitrogen and oxygen atoms in total. The van der Waals surface area contributed by atoms with Gasteiger partial charge in [0.15, 0.2) is 0 Å². The van der Waals surface area contributed by atoms with Gasteiger partial charge in [-0.05, 0) is 72.5 Å². The standard InChI is InChI=1S/C19H19FIN3O/c1-12-3-2-4-14(9-12)23-19(25)15-7-8-22-11-18(15)24-17-6-5-13(21)10-16(17)20/h5-8,10-11,14,24H,1-4,9H2,(H,23,25). The summed E-state index contributed by atoms with van der Waals surface area (Å²) in [6, 6.07) is 6.63. The molecule has 6 heteroatoms. The molecule has 1 heterocycles. The van der Waals surface area contributed by atoms with Crippen LogP contribution in [0.5, 0.6) is 0 Å². The molecule has 130 valence electrons. The number of nitrogens with zero attached hydrogens (tertiary/aromatic N) is 1. The minimum Gasteiger partial charge on any atom is -0.351 e. The van der Waals surface area contributed by atoms with Gasteiger partial charge >= 0.3 is 0 Å². The summed E-state index contributed by atoms with van der Waals surface area (Å²) < 4.78 is 14.9. The van der Waals surface area contributed by atoms with Gasteiger partial charge in [-0.15, -0.1) is 0 Å². The molecule has 0 bridgehead atoms. The maximum Gasteiger partial charge on any atom is 0.253 e. The Labute approximate surface area is 160 Å². The topological polar surface area (TPSA) is 54.0 Å². The third-order valence-corrected chi connectivity index (χ3v) is 4.89. The van der Waals surface area contributed by atoms with Crippen LogP contribution in [0.4, 0.5) is 15.8 Å². The lowest BCUT2D eigenvalue weighted by Crippen LogP contribution is -2.36. The van der Waals surface area contributed by atoms with Gasteiger partial charge in [-0.1, -0.05) is 12.2 Å². The molecule has 1 aromatic carbocycles. The SMILES string of the molecule is C=C1CCCC(NC(=O)c2ccncc2Nc2ccc(I)cc2F)C1. The molecule has 0 spiro atoms. The Morgan fingerprint density at radius 2 is 2.16 bits per heavy atom. The number of nitrogens with one attached hydrogen (secondary N) is 2. The van der Waals surface area contributed by atoms with E-state index in [9.17, 15) is 9.18 Å². The van der Waals surface area contributed by atoms with Crippen molar-refractivity contribution in [2.24, 2.45) is 0 Å². The molecular formula is C19H19FIN3O. The maximum absolute atomic E-state index is 14.1. The number of halogens is 2. The molecule has 1 saturated carbocycles. The van der Waals surface area contributed by atoms with Crippen molar-refractivity contribution >= 4 is 39.9 Å². The molecule has 1 atom stereocenters. The predicted octanol–water partition coefficient (Wildman–Crippen LogP) is 4.80. The Bertz CT molecular complexity index is 809. The highest BCUT2D eigenvalue weighted by molar-refractivity contribution is 14.1. The molecule has 1 unspecified atom stereocenters. The molecule has 1 fully saturated rings. The second-order valence-corrected chi connectivity index (χ2v) is 7.43. The van der Waals surface area contributed by atoms with Crippen LogP contribution < -0.4 is 10.6 Å². The molecule has 25 heavy (non-hydrogen) atoms. The van der Waals surface area contributed by atoms with E-state index < -0.39 is 0 Å². The Hall–Kier alpha value is -1.96. The summed E-state index contributed by atoms with van der Waals surface area (Å²) in [7, 11) is 0. The first kappa shape index (κ1) is 17.8. The summed E-state index contributed by atoms with van der Waals surface area (Å²) in [5.74, 6) is -0.554. The average molecular weight is 451 g/mol. The molecule has 1 aromatic heterocycles. The first-order valence-corrected chi connectivity index (χ1v) is 9.24. The van der Waals surface area contributed by atoms with E-state index in [1.165, 1.54) is 17.8 Å². The summed E-state index contributed by atoms with van der Waals surface area (Å²) in [6.07, 6.45) is 6.92. The number of carbonyl (C=O) groups excluding carboxylic acids is 1. The van der Waals surface area contributed by atoms with Gasteiger partial charge in [0.1, 0.15) is 5.82 Å². The smallest absolute Gasteiger partial charge is 0.253 e. The van der Waals surface area contributed by atoms with Crippen LogP contribution in [0, 0.1) is 9.39 Å². The zero-order valence-corrected chi connectivity index (χ0v) is 15.8. The Balaban J connectivity index is 1.78. The van der Waals surface area contributed by atoms with E-state index in [2.05, 4.69) is 44.8 Å². The summed E-state index contributed by atoms with van der Waals surface area (Å²) in [5.41, 5.74) is 2.41. The largest absolute Gasteiger partial charge is 0.351 e. The number of pyridine rings is 1. The van der Waals surface area contributed by atoms with Gasteiger partial charge in [0.25, 0.3) is 5.91 Å². The number of hydrogen-bond donors (Lipinski definition) is 2. The van der Waals surface area contributed by atoms with Crippen molar-refractivity contribution in [2.45, 2.75) is 31.7 Å². The average Bonchev–Trinajstić information content (AvgIpc) is 2.58. The normalized spacial score (nSPS) is 17.2. The number of hydrogen-bond acceptors (Lipinski definition) is 3. The first-order valence-electron chi connectivity index (χ1n) is 8.16. The third kappa shape index (κ3) is 4.56. The summed E-state index contributed by atoms with van der Waals surface area (Å²) in [4.78, 5) is 16.7. The molecule has 2 aromatic rings. The number of benzene rings is 1. The molecule has 3 rings (SSSR count). The van der Waals surface area contributed by atoms with Crippen molar-refractivity contribution < 1.29 is 9.18 Å². The number of carbonyl (C=O) groups is 1. The number of aromatic nitrogens is 1. The molecule has 0 aliphatic heterocycles. The Morgan fingerprint density at radius 3 is 2.92 bits per heavy atom. The van der Waals surface area contributed by atoms with Crippen LogP contribution >= 0.6 is 22.6 Å². The highest BCUT2D eigenvalue weighted by Gasteiger charge is 2.20. The fourth-order valence-corrected chi connectivity index (χ4v) is 3.42. The summed E-state index contributed by atoms with van der Waals surface area (Å²) in [5, 5.41) is 6.03. The lowest BCUT2D eigenvalue weighted by atomic mass is 9.91. The molecule has 1 aliphatic carbocycles. The van der Waals surface area contributed by atoms with Crippen molar-refractivity contribution in [1.29, 1.82) is 0 Å². The van der Waals surface area contributed by atoms with Gasteiger partial charge < -0.3 is 10.6 Å². The van der Waals surface area contributed by atoms with E-state index >= 15 is 0 Å². The lowest BCUT2D eigenvalue weighted by Gasteiger charge is -2.25. The van der Waals surface area contributed by atoms with Crippen LogP contribution in [0.25, 0.3) is 0 Å². The molecule has 0 radical (unpaired) electrons. The zero-order valence-electron chi connectivity index (χ0n) is 13.7. The molecule has 1 aliphatic rings. The lowest BCUT2D eigenvalue weighted by molar-refractivity contribution is 0.0933. The van der Waals surface area contributed by atoms with Crippen LogP contribution in [0.2, 0.25) is 0 Å². The van der Waals surface area contributed by atoms with Crippen LogP contribution in [0.3, 0.4) is 0 Å². The third-order valence-electron chi connectivity index (χ3n) is 4.22. The second-order valence-electron chi connectivity index (χ2n) is 6.19. The minimum atomic E-state index is -0.370. The van der Waals surface area contributed by atoms with Crippen LogP contribution in [0.15, 0.2) is 48.8 Å². The summed E-state index contributed by atoms with van der Waals surface area (Å²) >= 11 is 2.05. The first-order chi connectivity index (χ1) is 12.0. The molecule has 2 N–H and O–H groups in total. The fraction of sp³-hybridized carbons (Fsp3) is 0.263. The van der Waals surface area contributed by atoms with Crippen molar-refractivity contribution in [3.8, 4) is 0 Å². The van der Waals surface area contributed by atoms with Gasteiger partial charge in [0.05, 0.1) is 23.1 Å². The number of anilines is 2. The quantitative estimate of drug-likeness (QED) is 0.519. The van der Waals surface area contributed by atoms with Crippen molar-refractivity contribution in [3.63, 3.8) is 0 Å². The van der Waals surface area contributed by atoms with Gasteiger partial charge in [-0.2, -0.15) is 0 Å². The zero-order chi connectivity index (χ0) is 17.8. The Morgan fingerprint density at radius 1 is 1.32 bits per heavy atom. The summed E-state index contributed by atoms with van der Waals surface area (Å²) in [6.45, 7) is 4.02.